The number of aliphatic hydroxyl groups is 3. The molecule has 1 aliphatic heterocycles. The summed E-state index contributed by atoms with van der Waals surface area (Å²) in [6, 6.07) is 11.1. The third-order valence-electron chi connectivity index (χ3n) is 3.52. The maximum atomic E-state index is 10.1. The van der Waals surface area contributed by atoms with Crippen molar-refractivity contribution in [1.29, 1.82) is 0 Å². The Morgan fingerprint density at radius 1 is 1.00 bits per heavy atom. The van der Waals surface area contributed by atoms with Gasteiger partial charge in [-0.15, -0.1) is 0 Å². The molecule has 112 valence electrons. The molecule has 6 heteroatoms. The maximum Gasteiger partial charge on any atom is 0.136 e. The lowest BCUT2D eigenvalue weighted by Crippen LogP contribution is -2.51. The minimum atomic E-state index is -1.25. The predicted octanol–water partition coefficient (Wildman–Crippen LogP) is 1.08. The van der Waals surface area contributed by atoms with Crippen LogP contribution in [0.3, 0.4) is 0 Å². The molecule has 0 aromatic heterocycles. The van der Waals surface area contributed by atoms with Gasteiger partial charge in [0, 0.05) is 0 Å². The Morgan fingerprint density at radius 3 is 2.38 bits per heavy atom. The zero-order chi connectivity index (χ0) is 15.0. The van der Waals surface area contributed by atoms with Gasteiger partial charge in [-0.2, -0.15) is 0 Å². The first-order chi connectivity index (χ1) is 10.1. The molecule has 0 unspecified atom stereocenters. The minimum Gasteiger partial charge on any atom is -0.507 e. The maximum absolute atomic E-state index is 10.1. The van der Waals surface area contributed by atoms with Gasteiger partial charge in [0.2, 0.25) is 0 Å². The van der Waals surface area contributed by atoms with Crippen molar-refractivity contribution in [2.24, 2.45) is 0 Å². The molecule has 0 bridgehead atoms. The SMILES string of the molecule is Oc1cc2ccccc2cc1S[C@@H]1OC[C@@H](O)[C@H](O)[C@H]1O. The van der Waals surface area contributed by atoms with Crippen LogP contribution in [0.4, 0.5) is 0 Å². The third kappa shape index (κ3) is 2.86. The topological polar surface area (TPSA) is 90.2 Å². The summed E-state index contributed by atoms with van der Waals surface area (Å²) in [5, 5.41) is 41.0. The highest BCUT2D eigenvalue weighted by atomic mass is 32.2. The Labute approximate surface area is 125 Å². The number of hydrogen-bond acceptors (Lipinski definition) is 6. The minimum absolute atomic E-state index is 0.0514. The van der Waals surface area contributed by atoms with Gasteiger partial charge in [-0.05, 0) is 22.9 Å². The second-order valence-corrected chi connectivity index (χ2v) is 6.18. The Hall–Kier alpha value is -1.31. The largest absolute Gasteiger partial charge is 0.507 e. The molecule has 1 fully saturated rings. The van der Waals surface area contributed by atoms with E-state index in [1.165, 1.54) is 0 Å². The summed E-state index contributed by atoms with van der Waals surface area (Å²) in [7, 11) is 0. The molecule has 4 N–H and O–H groups in total. The van der Waals surface area contributed by atoms with Crippen LogP contribution < -0.4 is 0 Å². The molecule has 2 aromatic carbocycles. The Kier molecular flexibility index (Phi) is 4.05. The summed E-state index contributed by atoms with van der Waals surface area (Å²) in [5.74, 6) is 0.0927. The third-order valence-corrected chi connectivity index (χ3v) is 4.75. The van der Waals surface area contributed by atoms with E-state index < -0.39 is 23.7 Å². The van der Waals surface area contributed by atoms with E-state index in [-0.39, 0.29) is 12.4 Å². The van der Waals surface area contributed by atoms with Crippen LogP contribution in [0.15, 0.2) is 41.3 Å². The number of ether oxygens (including phenoxy) is 1. The molecule has 0 saturated carbocycles. The van der Waals surface area contributed by atoms with Gasteiger partial charge >= 0.3 is 0 Å². The highest BCUT2D eigenvalue weighted by Crippen LogP contribution is 2.38. The lowest BCUT2D eigenvalue weighted by Gasteiger charge is -2.34. The lowest BCUT2D eigenvalue weighted by atomic mass is 10.1. The van der Waals surface area contributed by atoms with Gasteiger partial charge in [0.1, 0.15) is 29.5 Å². The van der Waals surface area contributed by atoms with Crippen LogP contribution in [0.2, 0.25) is 0 Å². The van der Waals surface area contributed by atoms with E-state index in [4.69, 9.17) is 4.74 Å². The molecule has 5 nitrogen and oxygen atoms in total. The molecule has 0 radical (unpaired) electrons. The van der Waals surface area contributed by atoms with E-state index in [1.54, 1.807) is 6.07 Å². The van der Waals surface area contributed by atoms with E-state index in [0.717, 1.165) is 22.5 Å². The smallest absolute Gasteiger partial charge is 0.136 e. The zero-order valence-electron chi connectivity index (χ0n) is 11.1. The normalized spacial score (nSPS) is 29.7. The van der Waals surface area contributed by atoms with Crippen molar-refractivity contribution in [1.82, 2.24) is 0 Å². The Balaban J connectivity index is 1.86. The summed E-state index contributed by atoms with van der Waals surface area (Å²) < 4.78 is 5.34. The number of thioether (sulfide) groups is 1. The number of aromatic hydroxyl groups is 1. The quantitative estimate of drug-likeness (QED) is 0.664. The first-order valence-corrected chi connectivity index (χ1v) is 7.48. The van der Waals surface area contributed by atoms with Crippen LogP contribution in [0.5, 0.6) is 5.75 Å². The Morgan fingerprint density at radius 2 is 1.67 bits per heavy atom. The Bertz CT molecular complexity index is 647. The molecular formula is C15H16O5S. The summed E-state index contributed by atoms with van der Waals surface area (Å²) in [4.78, 5) is 0.557. The molecule has 3 rings (SSSR count). The molecule has 1 heterocycles. The van der Waals surface area contributed by atoms with Gasteiger partial charge in [0.15, 0.2) is 0 Å². The van der Waals surface area contributed by atoms with Crippen LogP contribution in [0, 0.1) is 0 Å². The van der Waals surface area contributed by atoms with Gasteiger partial charge in [0.05, 0.1) is 11.5 Å². The van der Waals surface area contributed by atoms with Crippen molar-refractivity contribution < 1.29 is 25.2 Å². The number of aliphatic hydroxyl groups excluding tert-OH is 3. The zero-order valence-corrected chi connectivity index (χ0v) is 11.9. The van der Waals surface area contributed by atoms with E-state index in [9.17, 15) is 20.4 Å². The van der Waals surface area contributed by atoms with E-state index in [1.807, 2.05) is 30.3 Å². The van der Waals surface area contributed by atoms with Gasteiger partial charge in [-0.1, -0.05) is 36.0 Å². The van der Waals surface area contributed by atoms with E-state index in [0.29, 0.717) is 4.90 Å². The summed E-state index contributed by atoms with van der Waals surface area (Å²) >= 11 is 1.13. The second kappa shape index (κ2) is 5.82. The molecule has 0 amide bonds. The first kappa shape index (κ1) is 14.6. The lowest BCUT2D eigenvalue weighted by molar-refractivity contribution is -0.161. The van der Waals surface area contributed by atoms with Crippen molar-refractivity contribution in [2.45, 2.75) is 28.6 Å². The first-order valence-electron chi connectivity index (χ1n) is 6.60. The van der Waals surface area contributed by atoms with Crippen molar-refractivity contribution in [3.05, 3.63) is 36.4 Å². The van der Waals surface area contributed by atoms with Crippen molar-refractivity contribution >= 4 is 22.5 Å². The van der Waals surface area contributed by atoms with Crippen molar-refractivity contribution in [2.75, 3.05) is 6.61 Å². The van der Waals surface area contributed by atoms with Crippen LogP contribution in [-0.4, -0.2) is 50.8 Å². The van der Waals surface area contributed by atoms with Crippen LogP contribution >= 0.6 is 11.8 Å². The summed E-state index contributed by atoms with van der Waals surface area (Å²) in [6.45, 7) is -0.0514. The molecular weight excluding hydrogens is 292 g/mol. The fourth-order valence-corrected chi connectivity index (χ4v) is 3.38. The fraction of sp³-hybridized carbons (Fsp3) is 0.333. The average molecular weight is 308 g/mol. The number of rotatable bonds is 2. The van der Waals surface area contributed by atoms with E-state index in [2.05, 4.69) is 0 Å². The van der Waals surface area contributed by atoms with Gasteiger partial charge < -0.3 is 25.2 Å². The number of phenolic OH excluding ortho intramolecular Hbond substituents is 1. The molecule has 21 heavy (non-hydrogen) atoms. The fourth-order valence-electron chi connectivity index (χ4n) is 2.31. The van der Waals surface area contributed by atoms with Gasteiger partial charge in [-0.25, -0.2) is 0 Å². The van der Waals surface area contributed by atoms with Gasteiger partial charge in [0.25, 0.3) is 0 Å². The summed E-state index contributed by atoms with van der Waals surface area (Å²) in [5.41, 5.74) is -0.740. The second-order valence-electron chi connectivity index (χ2n) is 5.04. The molecule has 1 aliphatic rings. The predicted molar refractivity (Wildman–Crippen MR) is 79.2 cm³/mol. The van der Waals surface area contributed by atoms with Crippen LogP contribution in [0.25, 0.3) is 10.8 Å². The number of hydrogen-bond donors (Lipinski definition) is 4. The molecule has 4 atom stereocenters. The highest BCUT2D eigenvalue weighted by molar-refractivity contribution is 8.00. The average Bonchev–Trinajstić information content (AvgIpc) is 2.48. The number of benzene rings is 2. The van der Waals surface area contributed by atoms with Crippen LogP contribution in [-0.2, 0) is 4.74 Å². The molecule has 2 aromatic rings. The van der Waals surface area contributed by atoms with Gasteiger partial charge in [-0.3, -0.25) is 0 Å². The van der Waals surface area contributed by atoms with Crippen LogP contribution in [0.1, 0.15) is 0 Å². The standard InChI is InChI=1S/C15H16O5S/c16-10-5-8-3-1-2-4-9(8)6-12(10)21-15-14(19)13(18)11(17)7-20-15/h1-6,11,13-19H,7H2/t11-,13+,14-,15+/m1/s1. The number of fused-ring (bicyclic) bond motifs is 1. The highest BCUT2D eigenvalue weighted by Gasteiger charge is 2.38. The molecule has 0 aliphatic carbocycles. The van der Waals surface area contributed by atoms with Crippen molar-refractivity contribution in [3.63, 3.8) is 0 Å². The number of phenols is 1. The summed E-state index contributed by atoms with van der Waals surface area (Å²) in [6.07, 6.45) is -3.56. The van der Waals surface area contributed by atoms with E-state index >= 15 is 0 Å². The monoisotopic (exact) mass is 308 g/mol. The molecule has 0 spiro atoms. The van der Waals surface area contributed by atoms with Crippen molar-refractivity contribution in [3.8, 4) is 5.75 Å². The molecule has 1 saturated heterocycles.